The van der Waals surface area contributed by atoms with Gasteiger partial charge in [-0.25, -0.2) is 4.39 Å². The van der Waals surface area contributed by atoms with Gasteiger partial charge in [0.05, 0.1) is 5.69 Å². The third kappa shape index (κ3) is 3.82. The Morgan fingerprint density at radius 1 is 1.05 bits per heavy atom. The molecule has 0 amide bonds. The lowest BCUT2D eigenvalue weighted by atomic mass is 10.1. The van der Waals surface area contributed by atoms with E-state index in [1.54, 1.807) is 6.07 Å². The van der Waals surface area contributed by atoms with Crippen molar-refractivity contribution in [2.75, 3.05) is 18.0 Å². The maximum Gasteiger partial charge on any atom is 0.147 e. The van der Waals surface area contributed by atoms with Gasteiger partial charge in [-0.1, -0.05) is 43.7 Å². The maximum absolute atomic E-state index is 14.5. The molecule has 2 N–H and O–H groups in total. The van der Waals surface area contributed by atoms with E-state index in [0.717, 1.165) is 30.6 Å². The van der Waals surface area contributed by atoms with E-state index < -0.39 is 0 Å². The predicted octanol–water partition coefficient (Wildman–Crippen LogP) is 4.27. The van der Waals surface area contributed by atoms with Crippen LogP contribution in [0.15, 0.2) is 48.5 Å². The van der Waals surface area contributed by atoms with E-state index in [0.29, 0.717) is 18.7 Å². The standard InChI is InChI=1S/C18H23FN2/c1-2-3-14-21(16-9-5-4-6-10-16)18-15(12-13-20)8-7-11-17(18)19/h4-11H,2-3,12-14,20H2,1H3. The van der Waals surface area contributed by atoms with Crippen molar-refractivity contribution in [3.63, 3.8) is 0 Å². The van der Waals surface area contributed by atoms with Gasteiger partial charge >= 0.3 is 0 Å². The van der Waals surface area contributed by atoms with Crippen molar-refractivity contribution in [3.05, 3.63) is 59.9 Å². The fraction of sp³-hybridized carbons (Fsp3) is 0.333. The fourth-order valence-corrected chi connectivity index (χ4v) is 2.51. The molecule has 112 valence electrons. The Kier molecular flexibility index (Phi) is 5.76. The topological polar surface area (TPSA) is 29.3 Å². The average molecular weight is 286 g/mol. The summed E-state index contributed by atoms with van der Waals surface area (Å²) in [7, 11) is 0. The van der Waals surface area contributed by atoms with Crippen molar-refractivity contribution in [2.24, 2.45) is 5.73 Å². The van der Waals surface area contributed by atoms with Gasteiger partial charge in [0, 0.05) is 12.2 Å². The van der Waals surface area contributed by atoms with Crippen LogP contribution in [0.25, 0.3) is 0 Å². The number of hydrogen-bond acceptors (Lipinski definition) is 2. The van der Waals surface area contributed by atoms with Crippen molar-refractivity contribution in [3.8, 4) is 0 Å². The summed E-state index contributed by atoms with van der Waals surface area (Å²) in [6.07, 6.45) is 2.78. The molecule has 0 bridgehead atoms. The molecule has 0 aliphatic carbocycles. The number of halogens is 1. The Hall–Kier alpha value is -1.87. The first-order chi connectivity index (χ1) is 10.3. The highest BCUT2D eigenvalue weighted by atomic mass is 19.1. The molecule has 2 aromatic carbocycles. The number of para-hydroxylation sites is 2. The highest BCUT2D eigenvalue weighted by Crippen LogP contribution is 2.31. The summed E-state index contributed by atoms with van der Waals surface area (Å²) in [6, 6.07) is 15.2. The number of nitrogens with two attached hydrogens (primary N) is 1. The summed E-state index contributed by atoms with van der Waals surface area (Å²) in [4.78, 5) is 2.07. The number of anilines is 2. The molecule has 0 spiro atoms. The van der Waals surface area contributed by atoms with Crippen LogP contribution in [0.5, 0.6) is 0 Å². The van der Waals surface area contributed by atoms with Crippen molar-refractivity contribution in [2.45, 2.75) is 26.2 Å². The first-order valence-corrected chi connectivity index (χ1v) is 7.58. The molecule has 0 saturated carbocycles. The quantitative estimate of drug-likeness (QED) is 0.823. The lowest BCUT2D eigenvalue weighted by Crippen LogP contribution is -2.22. The normalized spacial score (nSPS) is 10.6. The van der Waals surface area contributed by atoms with Crippen LogP contribution in [0.2, 0.25) is 0 Å². The molecule has 0 fully saturated rings. The number of unbranched alkanes of at least 4 members (excludes halogenated alkanes) is 1. The Morgan fingerprint density at radius 3 is 2.48 bits per heavy atom. The zero-order valence-electron chi connectivity index (χ0n) is 12.6. The summed E-state index contributed by atoms with van der Waals surface area (Å²) < 4.78 is 14.5. The van der Waals surface area contributed by atoms with Gasteiger partial charge in [0.25, 0.3) is 0 Å². The largest absolute Gasteiger partial charge is 0.339 e. The molecule has 0 radical (unpaired) electrons. The van der Waals surface area contributed by atoms with Crippen LogP contribution in [-0.4, -0.2) is 13.1 Å². The highest BCUT2D eigenvalue weighted by Gasteiger charge is 2.17. The smallest absolute Gasteiger partial charge is 0.147 e. The van der Waals surface area contributed by atoms with Crippen LogP contribution in [0.3, 0.4) is 0 Å². The average Bonchev–Trinajstić information content (AvgIpc) is 2.51. The molecule has 0 atom stereocenters. The molecule has 21 heavy (non-hydrogen) atoms. The predicted molar refractivity (Wildman–Crippen MR) is 87.5 cm³/mol. The Bertz CT molecular complexity index is 554. The summed E-state index contributed by atoms with van der Waals surface area (Å²) in [5.74, 6) is -0.180. The van der Waals surface area contributed by atoms with Crippen LogP contribution in [0, 0.1) is 5.82 Å². The van der Waals surface area contributed by atoms with Gasteiger partial charge in [-0.05, 0) is 43.1 Å². The molecule has 0 aromatic heterocycles. The SMILES string of the molecule is CCCCN(c1ccccc1)c1c(F)cccc1CCN. The molecular weight excluding hydrogens is 263 g/mol. The molecule has 2 nitrogen and oxygen atoms in total. The van der Waals surface area contributed by atoms with Gasteiger partial charge in [-0.2, -0.15) is 0 Å². The van der Waals surface area contributed by atoms with Crippen molar-refractivity contribution < 1.29 is 4.39 Å². The minimum Gasteiger partial charge on any atom is -0.339 e. The lowest BCUT2D eigenvalue weighted by molar-refractivity contribution is 0.620. The molecule has 0 aliphatic rings. The van der Waals surface area contributed by atoms with Crippen LogP contribution < -0.4 is 10.6 Å². The van der Waals surface area contributed by atoms with Crippen molar-refractivity contribution >= 4 is 11.4 Å². The van der Waals surface area contributed by atoms with E-state index in [1.807, 2.05) is 36.4 Å². The first kappa shape index (κ1) is 15.5. The van der Waals surface area contributed by atoms with Gasteiger partial charge in [0.2, 0.25) is 0 Å². The second kappa shape index (κ2) is 7.79. The lowest BCUT2D eigenvalue weighted by Gasteiger charge is -2.27. The van der Waals surface area contributed by atoms with Gasteiger partial charge in [-0.15, -0.1) is 0 Å². The Labute approximate surface area is 126 Å². The number of benzene rings is 2. The minimum absolute atomic E-state index is 0.180. The second-order valence-corrected chi connectivity index (χ2v) is 5.13. The zero-order chi connectivity index (χ0) is 15.1. The molecule has 2 aromatic rings. The van der Waals surface area contributed by atoms with Gasteiger partial charge in [0.1, 0.15) is 5.82 Å². The number of nitrogens with zero attached hydrogens (tertiary/aromatic N) is 1. The van der Waals surface area contributed by atoms with Gasteiger partial charge in [-0.3, -0.25) is 0 Å². The maximum atomic E-state index is 14.5. The Morgan fingerprint density at radius 2 is 1.81 bits per heavy atom. The van der Waals surface area contributed by atoms with E-state index in [-0.39, 0.29) is 5.82 Å². The minimum atomic E-state index is -0.180. The van der Waals surface area contributed by atoms with E-state index in [2.05, 4.69) is 11.8 Å². The van der Waals surface area contributed by atoms with Gasteiger partial charge < -0.3 is 10.6 Å². The summed E-state index contributed by atoms with van der Waals surface area (Å²) in [5, 5.41) is 0. The van der Waals surface area contributed by atoms with E-state index in [1.165, 1.54) is 6.07 Å². The third-order valence-electron chi connectivity index (χ3n) is 3.56. The Balaban J connectivity index is 2.46. The summed E-state index contributed by atoms with van der Waals surface area (Å²) in [5.41, 5.74) is 8.34. The monoisotopic (exact) mass is 286 g/mol. The van der Waals surface area contributed by atoms with Crippen LogP contribution in [-0.2, 0) is 6.42 Å². The fourth-order valence-electron chi connectivity index (χ4n) is 2.51. The molecule has 3 heteroatoms. The van der Waals surface area contributed by atoms with E-state index in [4.69, 9.17) is 5.73 Å². The molecule has 2 rings (SSSR count). The van der Waals surface area contributed by atoms with E-state index in [9.17, 15) is 4.39 Å². The van der Waals surface area contributed by atoms with Crippen LogP contribution in [0.4, 0.5) is 15.8 Å². The molecule has 0 saturated heterocycles. The molecule has 0 unspecified atom stereocenters. The summed E-state index contributed by atoms with van der Waals surface area (Å²) >= 11 is 0. The molecular formula is C18H23FN2. The van der Waals surface area contributed by atoms with E-state index >= 15 is 0 Å². The second-order valence-electron chi connectivity index (χ2n) is 5.13. The first-order valence-electron chi connectivity index (χ1n) is 7.58. The van der Waals surface area contributed by atoms with Crippen molar-refractivity contribution in [1.29, 1.82) is 0 Å². The highest BCUT2D eigenvalue weighted by molar-refractivity contribution is 5.67. The van der Waals surface area contributed by atoms with Crippen LogP contribution >= 0.6 is 0 Å². The van der Waals surface area contributed by atoms with Crippen LogP contribution in [0.1, 0.15) is 25.3 Å². The molecule has 0 aliphatic heterocycles. The molecule has 0 heterocycles. The number of hydrogen-bond donors (Lipinski definition) is 1. The van der Waals surface area contributed by atoms with Gasteiger partial charge in [0.15, 0.2) is 0 Å². The third-order valence-corrected chi connectivity index (χ3v) is 3.56. The zero-order valence-corrected chi connectivity index (χ0v) is 12.6. The number of rotatable bonds is 7. The summed E-state index contributed by atoms with van der Waals surface area (Å²) in [6.45, 7) is 3.47. The van der Waals surface area contributed by atoms with Crippen molar-refractivity contribution in [1.82, 2.24) is 0 Å².